The van der Waals surface area contributed by atoms with E-state index >= 15 is 0 Å². The number of hydrogen-bond acceptors (Lipinski definition) is 6. The molecule has 0 aliphatic carbocycles. The zero-order valence-corrected chi connectivity index (χ0v) is 26.1. The topological polar surface area (TPSA) is 138 Å². The van der Waals surface area contributed by atoms with Gasteiger partial charge in [-0.15, -0.1) is 136 Å². The maximum atomic E-state index is 8.97. The minimum absolute atomic E-state index is 0. The summed E-state index contributed by atoms with van der Waals surface area (Å²) in [5.74, 6) is 0. The molecule has 0 aromatic heterocycles. The molecule has 144 valence electrons. The predicted octanol–water partition coefficient (Wildman–Crippen LogP) is -0.845. The van der Waals surface area contributed by atoms with E-state index < -0.39 is 21.4 Å². The Morgan fingerprint density at radius 3 is 0.400 bits per heavy atom. The molecule has 6 nitrogen and oxygen atoms in total. The molecule has 0 atom stereocenters. The number of rotatable bonds is 0. The first kappa shape index (κ1) is 46.8. The van der Waals surface area contributed by atoms with E-state index in [-0.39, 0.29) is 21.1 Å². The van der Waals surface area contributed by atoms with Gasteiger partial charge in [0.1, 0.15) is 0 Å². The second kappa shape index (κ2) is 41.9. The van der Waals surface area contributed by atoms with Crippen molar-refractivity contribution in [3.8, 4) is 0 Å². The van der Waals surface area contributed by atoms with Crippen molar-refractivity contribution in [1.82, 2.24) is 0 Å². The molecular weight excluding hydrogens is 808 g/mol. The molecule has 0 radical (unpaired) electrons. The fraction of sp³-hybridized carbons (Fsp3) is 1.00. The van der Waals surface area contributed by atoms with E-state index in [1.165, 1.54) is 0 Å². The minimum Gasteiger partial charge on any atom is -0.893 e. The van der Waals surface area contributed by atoms with Gasteiger partial charge in [-0.05, 0) is 0 Å². The van der Waals surface area contributed by atoms with E-state index in [9.17, 15) is 0 Å². The van der Waals surface area contributed by atoms with Crippen molar-refractivity contribution in [3.05, 3.63) is 0 Å². The Morgan fingerprint density at radius 2 is 0.400 bits per heavy atom. The average Bonchev–Trinajstić information content (AvgIpc) is 2.08. The second-order valence-corrected chi connectivity index (χ2v) is 15.2. The van der Waals surface area contributed by atoms with Crippen LogP contribution in [0.4, 0.5) is 0 Å². The van der Waals surface area contributed by atoms with Crippen LogP contribution in [-0.2, 0) is 21.1 Å². The molecule has 0 aromatic rings. The molecule has 0 saturated carbocycles. The number of halogens is 6. The van der Waals surface area contributed by atoms with Crippen LogP contribution in [0, 0.1) is 0 Å². The summed E-state index contributed by atoms with van der Waals surface area (Å²) in [5, 5.41) is 53.8. The van der Waals surface area contributed by atoms with Gasteiger partial charge in [-0.1, -0.05) is 20.5 Å². The second-order valence-electron chi connectivity index (χ2n) is 3.26. The average molecular weight is 826 g/mol. The molecule has 0 heterocycles. The summed E-state index contributed by atoms with van der Waals surface area (Å²) in [7, 11) is -5.00. The Labute approximate surface area is 218 Å². The van der Waals surface area contributed by atoms with Crippen molar-refractivity contribution in [2.75, 3.05) is 0 Å². The summed E-state index contributed by atoms with van der Waals surface area (Å²) in [6, 6.07) is 0. The summed E-state index contributed by atoms with van der Waals surface area (Å²) < 4.78 is 1.37. The predicted molar refractivity (Wildman–Crippen MR) is 123 cm³/mol. The van der Waals surface area contributed by atoms with Crippen molar-refractivity contribution in [2.24, 2.45) is 0 Å². The normalized spacial score (nSPS) is 6.48. The third kappa shape index (κ3) is 1330. The summed E-state index contributed by atoms with van der Waals surface area (Å²) in [5.41, 5.74) is 0. The molecule has 0 fully saturated rings. The molecule has 0 aliphatic rings. The van der Waals surface area contributed by atoms with Crippen molar-refractivity contribution >= 4 is 129 Å². The first-order chi connectivity index (χ1) is 10.4. The van der Waals surface area contributed by atoms with Crippen LogP contribution in [0.2, 0.25) is 40.9 Å². The van der Waals surface area contributed by atoms with Crippen molar-refractivity contribution < 1.29 is 51.2 Å². The monoisotopic (exact) mass is 824 g/mol. The van der Waals surface area contributed by atoms with E-state index in [0.717, 1.165) is 20.5 Å². The molecule has 0 rings (SSSR count). The van der Waals surface area contributed by atoms with Crippen LogP contribution in [0.1, 0.15) is 0 Å². The molecule has 0 bridgehead atoms. The van der Waals surface area contributed by atoms with E-state index in [2.05, 4.69) is 94.5 Å². The van der Waals surface area contributed by atoms with Crippen LogP contribution < -0.4 is 30.1 Å². The maximum absolute atomic E-state index is 8.97. The molecule has 25 heavy (non-hydrogen) atoms. The Kier molecular flexibility index (Phi) is 78.5. The van der Waals surface area contributed by atoms with Crippen molar-refractivity contribution in [3.63, 3.8) is 0 Å². The molecule has 0 amide bonds. The van der Waals surface area contributed by atoms with Gasteiger partial charge < -0.3 is 30.1 Å². The third-order valence-corrected chi connectivity index (χ3v) is 0. The summed E-state index contributed by atoms with van der Waals surface area (Å²) in [6.07, 6.45) is 0. The van der Waals surface area contributed by atoms with Gasteiger partial charge in [0.05, 0.1) is 0 Å². The van der Waals surface area contributed by atoms with Gasteiger partial charge in [-0.3, -0.25) is 0 Å². The van der Waals surface area contributed by atoms with Crippen molar-refractivity contribution in [2.45, 2.75) is 40.9 Å². The largest absolute Gasteiger partial charge is 6.00 e. The van der Waals surface area contributed by atoms with Crippen LogP contribution in [-0.4, -0.2) is 34.4 Å². The van der Waals surface area contributed by atoms with Crippen LogP contribution in [0.25, 0.3) is 0 Å². The molecule has 19 heteroatoms. The zero-order chi connectivity index (χ0) is 21.5. The molecule has 0 unspecified atom stereocenters. The Hall–Kier alpha value is 3.72. The Bertz CT molecular complexity index is 129. The van der Waals surface area contributed by atoms with E-state index in [0.29, 0.717) is 13.1 Å². The van der Waals surface area contributed by atoms with Gasteiger partial charge in [-0.25, -0.2) is 0 Å². The molecular formula is C6H18B6Br6MoO6. The van der Waals surface area contributed by atoms with Crippen LogP contribution >= 0.6 is 94.5 Å². The van der Waals surface area contributed by atoms with Gasteiger partial charge in [0, 0.05) is 0 Å². The quantitative estimate of drug-likeness (QED) is 0.292. The zero-order valence-electron chi connectivity index (χ0n) is 14.6. The van der Waals surface area contributed by atoms with Gasteiger partial charge in [0.15, 0.2) is 0 Å². The first-order valence-corrected chi connectivity index (χ1v) is 11.7. The van der Waals surface area contributed by atoms with E-state index in [4.69, 9.17) is 30.1 Å². The summed E-state index contributed by atoms with van der Waals surface area (Å²) >= 11 is 19.1. The molecule has 0 saturated heterocycles. The Balaban J connectivity index is -0.0000000309. The van der Waals surface area contributed by atoms with E-state index in [1.807, 2.05) is 20.5 Å². The Morgan fingerprint density at radius 1 is 0.400 bits per heavy atom. The van der Waals surface area contributed by atoms with Gasteiger partial charge >= 0.3 is 21.1 Å². The standard InChI is InChI=1S/3CH3BBr2.3CH3BO2.Mo/c6*1-2(3)4;/h6*1H3;/q;;;3*-2;+6. The maximum Gasteiger partial charge on any atom is 6.00 e. The molecule has 0 aromatic carbocycles. The third-order valence-electron chi connectivity index (χ3n) is 0. The van der Waals surface area contributed by atoms with Crippen LogP contribution in [0.5, 0.6) is 0 Å². The minimum atomic E-state index is -1.67. The van der Waals surface area contributed by atoms with Crippen LogP contribution in [0.3, 0.4) is 0 Å². The molecule has 0 spiro atoms. The first-order valence-electron chi connectivity index (χ1n) is 6.19. The smallest absolute Gasteiger partial charge is 0.893 e. The summed E-state index contributed by atoms with van der Waals surface area (Å²) in [4.78, 5) is 0. The van der Waals surface area contributed by atoms with Gasteiger partial charge in [0.2, 0.25) is 0 Å². The molecule has 0 aliphatic heterocycles. The van der Waals surface area contributed by atoms with Crippen molar-refractivity contribution in [1.29, 1.82) is 0 Å². The fourth-order valence-corrected chi connectivity index (χ4v) is 0. The SMILES string of the molecule is CB(Br)Br.CB(Br)Br.CB(Br)Br.CB([O-])[O-].CB([O-])[O-].CB([O-])[O-].[Mo+6]. The fourth-order valence-electron chi connectivity index (χ4n) is 0. The summed E-state index contributed by atoms with van der Waals surface area (Å²) in [6.45, 7) is 9.17. The van der Waals surface area contributed by atoms with Gasteiger partial charge in [0.25, 0.3) is 13.1 Å². The number of hydrogen-bond donors (Lipinski definition) is 0. The molecule has 0 N–H and O–H groups in total. The van der Waals surface area contributed by atoms with Crippen LogP contribution in [0.15, 0.2) is 0 Å². The van der Waals surface area contributed by atoms with E-state index in [1.54, 1.807) is 0 Å². The van der Waals surface area contributed by atoms with Gasteiger partial charge in [-0.2, -0.15) is 0 Å².